The highest BCUT2D eigenvalue weighted by Crippen LogP contribution is 2.20. The largest absolute Gasteiger partial charge is 0.0654 e. The molecular weight excluding hydrogens is 324 g/mol. The van der Waals surface area contributed by atoms with Gasteiger partial charge < -0.3 is 0 Å². The van der Waals surface area contributed by atoms with Gasteiger partial charge in [-0.05, 0) is 11.8 Å². The number of unbranched alkanes of at least 4 members (excludes halogenated alkanes) is 14. The van der Waals surface area contributed by atoms with E-state index in [0.717, 1.165) is 11.8 Å². The lowest BCUT2D eigenvalue weighted by molar-refractivity contribution is 0.417. The van der Waals surface area contributed by atoms with E-state index in [4.69, 9.17) is 0 Å². The fourth-order valence-corrected chi connectivity index (χ4v) is 4.35. The first kappa shape index (κ1) is 27.0. The van der Waals surface area contributed by atoms with Crippen molar-refractivity contribution in [2.75, 3.05) is 0 Å². The minimum atomic E-state index is 0.966. The van der Waals surface area contributed by atoms with Crippen molar-refractivity contribution in [3.8, 4) is 0 Å². The van der Waals surface area contributed by atoms with E-state index < -0.39 is 0 Å². The molecule has 2 atom stereocenters. The molecule has 0 heterocycles. The van der Waals surface area contributed by atoms with Crippen molar-refractivity contribution in [1.29, 1.82) is 0 Å². The molecule has 0 spiro atoms. The molecule has 0 heteroatoms. The van der Waals surface area contributed by atoms with E-state index in [9.17, 15) is 0 Å². The van der Waals surface area contributed by atoms with Gasteiger partial charge in [0.25, 0.3) is 0 Å². The Morgan fingerprint density at radius 2 is 0.556 bits per heavy atom. The summed E-state index contributed by atoms with van der Waals surface area (Å²) in [4.78, 5) is 0. The first-order valence-corrected chi connectivity index (χ1v) is 13.2. The molecular formula is C27H56. The molecule has 27 heavy (non-hydrogen) atoms. The second-order valence-electron chi connectivity index (χ2n) is 9.67. The molecule has 0 nitrogen and oxygen atoms in total. The molecule has 0 aromatic heterocycles. The van der Waals surface area contributed by atoms with E-state index in [0.29, 0.717) is 0 Å². The van der Waals surface area contributed by atoms with Gasteiger partial charge in [0.1, 0.15) is 0 Å². The van der Waals surface area contributed by atoms with Crippen LogP contribution in [0.3, 0.4) is 0 Å². The fourth-order valence-electron chi connectivity index (χ4n) is 4.35. The lowest BCUT2D eigenvalue weighted by Gasteiger charge is -2.12. The molecule has 0 saturated heterocycles. The third-order valence-electron chi connectivity index (χ3n) is 6.49. The normalized spacial score (nSPS) is 13.8. The number of hydrogen-bond donors (Lipinski definition) is 0. The third-order valence-corrected chi connectivity index (χ3v) is 6.49. The van der Waals surface area contributed by atoms with Gasteiger partial charge in [-0.15, -0.1) is 0 Å². The van der Waals surface area contributed by atoms with Crippen LogP contribution in [0.2, 0.25) is 0 Å². The van der Waals surface area contributed by atoms with Crippen molar-refractivity contribution < 1.29 is 0 Å². The average Bonchev–Trinajstić information content (AvgIpc) is 2.66. The molecule has 0 aliphatic carbocycles. The SMILES string of the molecule is CCCCCCCCC(C)CCCCCCCC(C)CCCCCCCC. The van der Waals surface area contributed by atoms with Crippen molar-refractivity contribution in [3.63, 3.8) is 0 Å². The first-order chi connectivity index (χ1) is 13.2. The third kappa shape index (κ3) is 22.2. The van der Waals surface area contributed by atoms with E-state index in [1.165, 1.54) is 135 Å². The van der Waals surface area contributed by atoms with Gasteiger partial charge in [-0.1, -0.05) is 163 Å². The Bertz CT molecular complexity index is 231. The van der Waals surface area contributed by atoms with Crippen molar-refractivity contribution in [3.05, 3.63) is 0 Å². The number of rotatable bonds is 22. The molecule has 0 amide bonds. The standard InChI is InChI=1S/C27H56/c1-5-7-9-11-14-18-22-26(3)24-20-16-13-17-21-25-27(4)23-19-15-12-10-8-6-2/h26-27H,5-25H2,1-4H3. The Labute approximate surface area is 174 Å². The van der Waals surface area contributed by atoms with Gasteiger partial charge in [-0.2, -0.15) is 0 Å². The Hall–Kier alpha value is 0. The van der Waals surface area contributed by atoms with Gasteiger partial charge >= 0.3 is 0 Å². The first-order valence-electron chi connectivity index (χ1n) is 13.2. The summed E-state index contributed by atoms with van der Waals surface area (Å²) in [7, 11) is 0. The van der Waals surface area contributed by atoms with Gasteiger partial charge in [0.15, 0.2) is 0 Å². The van der Waals surface area contributed by atoms with E-state index in [-0.39, 0.29) is 0 Å². The van der Waals surface area contributed by atoms with Crippen LogP contribution in [-0.4, -0.2) is 0 Å². The highest BCUT2D eigenvalue weighted by molar-refractivity contribution is 4.58. The van der Waals surface area contributed by atoms with Crippen molar-refractivity contribution in [1.82, 2.24) is 0 Å². The van der Waals surface area contributed by atoms with E-state index in [1.807, 2.05) is 0 Å². The quantitative estimate of drug-likeness (QED) is 0.164. The maximum atomic E-state index is 2.48. The molecule has 0 aromatic carbocycles. The molecule has 0 aliphatic rings. The molecule has 2 unspecified atom stereocenters. The predicted octanol–water partition coefficient (Wildman–Crippen LogP) is 10.5. The van der Waals surface area contributed by atoms with Crippen molar-refractivity contribution >= 4 is 0 Å². The molecule has 0 radical (unpaired) electrons. The van der Waals surface area contributed by atoms with Crippen LogP contribution in [0.4, 0.5) is 0 Å². The monoisotopic (exact) mass is 380 g/mol. The predicted molar refractivity (Wildman–Crippen MR) is 127 cm³/mol. The molecule has 0 bridgehead atoms. The van der Waals surface area contributed by atoms with E-state index >= 15 is 0 Å². The summed E-state index contributed by atoms with van der Waals surface area (Å²) in [6, 6.07) is 0. The van der Waals surface area contributed by atoms with Gasteiger partial charge in [0, 0.05) is 0 Å². The molecule has 0 saturated carbocycles. The van der Waals surface area contributed by atoms with Crippen LogP contribution in [-0.2, 0) is 0 Å². The lowest BCUT2D eigenvalue weighted by atomic mass is 9.94. The topological polar surface area (TPSA) is 0 Å². The molecule has 0 aromatic rings. The summed E-state index contributed by atoms with van der Waals surface area (Å²) in [6.45, 7) is 9.57. The second kappa shape index (κ2) is 22.3. The molecule has 0 fully saturated rings. The Kier molecular flexibility index (Phi) is 22.3. The fraction of sp³-hybridized carbons (Fsp3) is 1.00. The number of hydrogen-bond acceptors (Lipinski definition) is 0. The molecule has 0 N–H and O–H groups in total. The molecule has 0 rings (SSSR count). The summed E-state index contributed by atoms with van der Waals surface area (Å²) < 4.78 is 0. The summed E-state index contributed by atoms with van der Waals surface area (Å²) >= 11 is 0. The smallest absolute Gasteiger partial charge is 0.0443 e. The highest BCUT2D eigenvalue weighted by atomic mass is 14.1. The van der Waals surface area contributed by atoms with Gasteiger partial charge in [0.2, 0.25) is 0 Å². The lowest BCUT2D eigenvalue weighted by Crippen LogP contribution is -1.96. The zero-order valence-electron chi connectivity index (χ0n) is 20.0. The molecule has 0 aliphatic heterocycles. The van der Waals surface area contributed by atoms with E-state index in [1.54, 1.807) is 0 Å². The van der Waals surface area contributed by atoms with Crippen molar-refractivity contribution in [2.24, 2.45) is 11.8 Å². The average molecular weight is 381 g/mol. The minimum absolute atomic E-state index is 0.966. The van der Waals surface area contributed by atoms with Crippen LogP contribution >= 0.6 is 0 Å². The highest BCUT2D eigenvalue weighted by Gasteiger charge is 2.04. The summed E-state index contributed by atoms with van der Waals surface area (Å²) in [6.07, 6.45) is 30.7. The van der Waals surface area contributed by atoms with Crippen LogP contribution < -0.4 is 0 Å². The van der Waals surface area contributed by atoms with Crippen molar-refractivity contribution in [2.45, 2.75) is 163 Å². The van der Waals surface area contributed by atoms with E-state index in [2.05, 4.69) is 27.7 Å². The summed E-state index contributed by atoms with van der Waals surface area (Å²) in [5.74, 6) is 1.93. The van der Waals surface area contributed by atoms with Crippen LogP contribution in [0.15, 0.2) is 0 Å². The van der Waals surface area contributed by atoms with Crippen LogP contribution in [0.1, 0.15) is 163 Å². The zero-order chi connectivity index (χ0) is 20.0. The van der Waals surface area contributed by atoms with Gasteiger partial charge in [0.05, 0.1) is 0 Å². The summed E-state index contributed by atoms with van der Waals surface area (Å²) in [5.41, 5.74) is 0. The Balaban J connectivity index is 3.24. The Morgan fingerprint density at radius 3 is 0.815 bits per heavy atom. The van der Waals surface area contributed by atoms with Gasteiger partial charge in [-0.25, -0.2) is 0 Å². The minimum Gasteiger partial charge on any atom is -0.0654 e. The molecule has 164 valence electrons. The summed E-state index contributed by atoms with van der Waals surface area (Å²) in [5, 5.41) is 0. The zero-order valence-corrected chi connectivity index (χ0v) is 20.0. The van der Waals surface area contributed by atoms with Crippen LogP contribution in [0, 0.1) is 11.8 Å². The van der Waals surface area contributed by atoms with Crippen LogP contribution in [0.25, 0.3) is 0 Å². The maximum Gasteiger partial charge on any atom is -0.0443 e. The Morgan fingerprint density at radius 1 is 0.333 bits per heavy atom. The maximum absolute atomic E-state index is 2.48. The van der Waals surface area contributed by atoms with Crippen LogP contribution in [0.5, 0.6) is 0 Å². The van der Waals surface area contributed by atoms with Gasteiger partial charge in [-0.3, -0.25) is 0 Å². The second-order valence-corrected chi connectivity index (χ2v) is 9.67.